The molecule has 1 N–H and O–H groups in total. The van der Waals surface area contributed by atoms with Crippen molar-refractivity contribution in [1.82, 2.24) is 4.72 Å². The molecule has 0 bridgehead atoms. The first kappa shape index (κ1) is 14.4. The van der Waals surface area contributed by atoms with E-state index < -0.39 is 10.0 Å². The molecule has 5 heteroatoms. The summed E-state index contributed by atoms with van der Waals surface area (Å²) in [5.41, 5.74) is 2.44. The van der Waals surface area contributed by atoms with Crippen LogP contribution in [0.5, 0.6) is 0 Å². The van der Waals surface area contributed by atoms with Crippen LogP contribution < -0.4 is 4.72 Å². The van der Waals surface area contributed by atoms with Gasteiger partial charge in [-0.05, 0) is 68.0 Å². The lowest BCUT2D eigenvalue weighted by atomic mass is 9.92. The zero-order valence-corrected chi connectivity index (χ0v) is 12.8. The second-order valence-electron chi connectivity index (χ2n) is 5.50. The van der Waals surface area contributed by atoms with Crippen molar-refractivity contribution in [2.45, 2.75) is 43.5 Å². The summed E-state index contributed by atoms with van der Waals surface area (Å²) in [5.74, 6) is 0.608. The minimum absolute atomic E-state index is 0.335. The van der Waals surface area contributed by atoms with E-state index in [0.29, 0.717) is 10.7 Å². The van der Waals surface area contributed by atoms with Gasteiger partial charge in [-0.3, -0.25) is 0 Å². The molecule has 0 fully saturated rings. The molecule has 1 aromatic heterocycles. The fraction of sp³-hybridized carbons (Fsp3) is 0.375. The minimum atomic E-state index is -3.53. The molecular formula is C16H19NO3S. The third kappa shape index (κ3) is 3.04. The van der Waals surface area contributed by atoms with E-state index in [9.17, 15) is 8.42 Å². The summed E-state index contributed by atoms with van der Waals surface area (Å²) in [6.45, 7) is 1.77. The zero-order valence-electron chi connectivity index (χ0n) is 12.0. The third-order valence-corrected chi connectivity index (χ3v) is 5.47. The summed E-state index contributed by atoms with van der Waals surface area (Å²) < 4.78 is 32.8. The van der Waals surface area contributed by atoms with Crippen molar-refractivity contribution >= 4 is 10.0 Å². The highest BCUT2D eigenvalue weighted by molar-refractivity contribution is 7.89. The summed E-state index contributed by atoms with van der Waals surface area (Å²) >= 11 is 0. The average molecular weight is 305 g/mol. The Morgan fingerprint density at radius 1 is 1.14 bits per heavy atom. The van der Waals surface area contributed by atoms with Gasteiger partial charge in [0.05, 0.1) is 17.2 Å². The zero-order chi connectivity index (χ0) is 14.9. The van der Waals surface area contributed by atoms with Crippen molar-refractivity contribution < 1.29 is 12.8 Å². The number of sulfonamides is 1. The van der Waals surface area contributed by atoms with Crippen LogP contribution in [0.25, 0.3) is 0 Å². The van der Waals surface area contributed by atoms with Crippen LogP contribution in [0.2, 0.25) is 0 Å². The Kier molecular flexibility index (Phi) is 3.87. The van der Waals surface area contributed by atoms with Gasteiger partial charge in [-0.1, -0.05) is 6.07 Å². The highest BCUT2D eigenvalue weighted by Gasteiger charge is 2.21. The Bertz CT molecular complexity index is 720. The summed E-state index contributed by atoms with van der Waals surface area (Å²) in [6, 6.07) is 8.58. The van der Waals surface area contributed by atoms with Crippen molar-refractivity contribution in [3.05, 3.63) is 53.5 Å². The maximum atomic E-state index is 12.5. The molecule has 1 atom stereocenters. The highest BCUT2D eigenvalue weighted by Crippen LogP contribution is 2.25. The van der Waals surface area contributed by atoms with Gasteiger partial charge < -0.3 is 4.42 Å². The largest absolute Gasteiger partial charge is 0.468 e. The van der Waals surface area contributed by atoms with Gasteiger partial charge in [-0.25, -0.2) is 13.1 Å². The first-order valence-corrected chi connectivity index (χ1v) is 8.72. The predicted octanol–water partition coefficient (Wildman–Crippen LogP) is 3.20. The van der Waals surface area contributed by atoms with E-state index in [1.807, 2.05) is 12.1 Å². The predicted molar refractivity (Wildman–Crippen MR) is 80.5 cm³/mol. The van der Waals surface area contributed by atoms with E-state index in [0.717, 1.165) is 24.8 Å². The lowest BCUT2D eigenvalue weighted by molar-refractivity contribution is 0.459. The smallest absolute Gasteiger partial charge is 0.241 e. The number of fused-ring (bicyclic) bond motifs is 1. The molecular weight excluding hydrogens is 286 g/mol. The van der Waals surface area contributed by atoms with Gasteiger partial charge in [0.2, 0.25) is 10.0 Å². The van der Waals surface area contributed by atoms with Gasteiger partial charge in [0.25, 0.3) is 0 Å². The molecule has 0 aliphatic heterocycles. The number of furan rings is 1. The highest BCUT2D eigenvalue weighted by atomic mass is 32.2. The Morgan fingerprint density at radius 2 is 1.90 bits per heavy atom. The van der Waals surface area contributed by atoms with Crippen LogP contribution in [0.15, 0.2) is 45.9 Å². The molecule has 2 aromatic rings. The molecule has 21 heavy (non-hydrogen) atoms. The number of hydrogen-bond acceptors (Lipinski definition) is 3. The van der Waals surface area contributed by atoms with Crippen LogP contribution in [0.4, 0.5) is 0 Å². The van der Waals surface area contributed by atoms with Crippen molar-refractivity contribution in [2.24, 2.45) is 0 Å². The first-order valence-electron chi connectivity index (χ1n) is 7.24. The number of aryl methyl sites for hydroxylation is 2. The fourth-order valence-corrected chi connectivity index (χ4v) is 4.04. The molecule has 0 saturated heterocycles. The SMILES string of the molecule is C[C@H](NS(=O)(=O)c1ccc2c(c1)CCCC2)c1ccco1. The van der Waals surface area contributed by atoms with Crippen molar-refractivity contribution in [3.8, 4) is 0 Å². The quantitative estimate of drug-likeness (QED) is 0.943. The molecule has 1 aliphatic rings. The molecule has 0 unspecified atom stereocenters. The van der Waals surface area contributed by atoms with E-state index in [-0.39, 0.29) is 6.04 Å². The topological polar surface area (TPSA) is 59.3 Å². The molecule has 1 aromatic carbocycles. The maximum absolute atomic E-state index is 12.5. The second kappa shape index (κ2) is 5.66. The Balaban J connectivity index is 1.84. The van der Waals surface area contributed by atoms with Crippen LogP contribution in [-0.4, -0.2) is 8.42 Å². The van der Waals surface area contributed by atoms with Crippen molar-refractivity contribution in [3.63, 3.8) is 0 Å². The molecule has 0 spiro atoms. The molecule has 1 heterocycles. The van der Waals surface area contributed by atoms with Gasteiger partial charge in [-0.15, -0.1) is 0 Å². The summed E-state index contributed by atoms with van der Waals surface area (Å²) in [6.07, 6.45) is 5.87. The average Bonchev–Trinajstić information content (AvgIpc) is 3.00. The standard InChI is InChI=1S/C16H19NO3S/c1-12(16-7-4-10-20-16)17-21(18,19)15-9-8-13-5-2-3-6-14(13)11-15/h4,7-12,17H,2-3,5-6H2,1H3/t12-/m0/s1. The van der Waals surface area contributed by atoms with Gasteiger partial charge in [-0.2, -0.15) is 0 Å². The lowest BCUT2D eigenvalue weighted by Gasteiger charge is -2.17. The minimum Gasteiger partial charge on any atom is -0.468 e. The van der Waals surface area contributed by atoms with Gasteiger partial charge in [0.1, 0.15) is 5.76 Å². The third-order valence-electron chi connectivity index (χ3n) is 3.93. The molecule has 4 nitrogen and oxygen atoms in total. The maximum Gasteiger partial charge on any atom is 0.241 e. The Hall–Kier alpha value is -1.59. The van der Waals surface area contributed by atoms with Gasteiger partial charge in [0, 0.05) is 0 Å². The van der Waals surface area contributed by atoms with E-state index in [1.165, 1.54) is 12.0 Å². The molecule has 0 amide bonds. The summed E-state index contributed by atoms with van der Waals surface area (Å²) in [5, 5.41) is 0. The second-order valence-corrected chi connectivity index (χ2v) is 7.21. The van der Waals surface area contributed by atoms with Gasteiger partial charge >= 0.3 is 0 Å². The Morgan fingerprint density at radius 3 is 2.62 bits per heavy atom. The van der Waals surface area contributed by atoms with Crippen LogP contribution in [0.3, 0.4) is 0 Å². The number of nitrogens with one attached hydrogen (secondary N) is 1. The van der Waals surface area contributed by atoms with Crippen LogP contribution in [-0.2, 0) is 22.9 Å². The van der Waals surface area contributed by atoms with Crippen molar-refractivity contribution in [1.29, 1.82) is 0 Å². The number of rotatable bonds is 4. The molecule has 0 radical (unpaired) electrons. The molecule has 3 rings (SSSR count). The van der Waals surface area contributed by atoms with E-state index in [4.69, 9.17) is 4.42 Å². The number of hydrogen-bond donors (Lipinski definition) is 1. The Labute approximate surface area is 125 Å². The molecule has 1 aliphatic carbocycles. The first-order chi connectivity index (χ1) is 10.1. The molecule has 112 valence electrons. The lowest BCUT2D eigenvalue weighted by Crippen LogP contribution is -2.27. The van der Waals surface area contributed by atoms with Crippen molar-refractivity contribution in [2.75, 3.05) is 0 Å². The monoisotopic (exact) mass is 305 g/mol. The normalized spacial score (nSPS) is 16.4. The van der Waals surface area contributed by atoms with Crippen LogP contribution in [0, 0.1) is 0 Å². The van der Waals surface area contributed by atoms with E-state index >= 15 is 0 Å². The van der Waals surface area contributed by atoms with E-state index in [1.54, 1.807) is 31.4 Å². The molecule has 0 saturated carbocycles. The van der Waals surface area contributed by atoms with Crippen LogP contribution in [0.1, 0.15) is 42.7 Å². The summed E-state index contributed by atoms with van der Waals surface area (Å²) in [4.78, 5) is 0.335. The van der Waals surface area contributed by atoms with Gasteiger partial charge in [0.15, 0.2) is 0 Å². The van der Waals surface area contributed by atoms with E-state index in [2.05, 4.69) is 4.72 Å². The summed E-state index contributed by atoms with van der Waals surface area (Å²) in [7, 11) is -3.53. The number of benzene rings is 1. The van der Waals surface area contributed by atoms with Crippen LogP contribution >= 0.6 is 0 Å². The fourth-order valence-electron chi connectivity index (χ4n) is 2.77.